The van der Waals surface area contributed by atoms with Crippen LogP contribution in [0.3, 0.4) is 0 Å². The molecule has 0 spiro atoms. The van der Waals surface area contributed by atoms with Gasteiger partial charge in [-0.25, -0.2) is 0 Å². The summed E-state index contributed by atoms with van der Waals surface area (Å²) in [7, 11) is 0. The van der Waals surface area contributed by atoms with Crippen molar-refractivity contribution in [3.8, 4) is 17.2 Å². The molecular weight excluding hydrogens is 296 g/mol. The van der Waals surface area contributed by atoms with Crippen LogP contribution in [0, 0.1) is 0 Å². The van der Waals surface area contributed by atoms with Crippen molar-refractivity contribution in [2.75, 3.05) is 13.2 Å². The van der Waals surface area contributed by atoms with Crippen LogP contribution >= 0.6 is 23.4 Å². The van der Waals surface area contributed by atoms with Crippen LogP contribution < -0.4 is 9.47 Å². The molecule has 1 N–H and O–H groups in total. The Morgan fingerprint density at radius 2 is 1.85 bits per heavy atom. The van der Waals surface area contributed by atoms with Crippen LogP contribution in [0.4, 0.5) is 0 Å². The lowest BCUT2D eigenvalue weighted by molar-refractivity contribution is 0.171. The Morgan fingerprint density at radius 1 is 1.10 bits per heavy atom. The van der Waals surface area contributed by atoms with Gasteiger partial charge in [-0.3, -0.25) is 0 Å². The highest BCUT2D eigenvalue weighted by atomic mass is 35.5. The van der Waals surface area contributed by atoms with Crippen molar-refractivity contribution < 1.29 is 14.6 Å². The molecule has 1 aliphatic heterocycles. The maximum Gasteiger partial charge on any atom is 0.179 e. The second-order valence-electron chi connectivity index (χ2n) is 4.38. The number of hydrogen-bond donors (Lipinski definition) is 1. The van der Waals surface area contributed by atoms with Crippen molar-refractivity contribution in [1.29, 1.82) is 0 Å². The SMILES string of the molecule is Oc1ccc(SCc2cc(Cl)c3c(c2)OCCO3)cc1. The Hall–Kier alpha value is -1.52. The van der Waals surface area contributed by atoms with Gasteiger partial charge in [0.05, 0.1) is 5.02 Å². The number of phenolic OH excluding ortho intramolecular Hbond substituents is 1. The van der Waals surface area contributed by atoms with E-state index in [1.165, 1.54) is 0 Å². The zero-order valence-electron chi connectivity index (χ0n) is 10.6. The van der Waals surface area contributed by atoms with E-state index in [1.807, 2.05) is 24.3 Å². The number of thioether (sulfide) groups is 1. The number of benzene rings is 2. The van der Waals surface area contributed by atoms with Gasteiger partial charge in [-0.05, 0) is 42.0 Å². The van der Waals surface area contributed by atoms with Gasteiger partial charge in [-0.1, -0.05) is 11.6 Å². The van der Waals surface area contributed by atoms with Crippen LogP contribution in [0.1, 0.15) is 5.56 Å². The number of rotatable bonds is 3. The predicted molar refractivity (Wildman–Crippen MR) is 80.1 cm³/mol. The van der Waals surface area contributed by atoms with Gasteiger partial charge in [0.1, 0.15) is 19.0 Å². The summed E-state index contributed by atoms with van der Waals surface area (Å²) in [6.45, 7) is 1.09. The van der Waals surface area contributed by atoms with E-state index < -0.39 is 0 Å². The molecule has 0 unspecified atom stereocenters. The van der Waals surface area contributed by atoms with Gasteiger partial charge in [0.25, 0.3) is 0 Å². The molecule has 0 amide bonds. The second kappa shape index (κ2) is 5.85. The van der Waals surface area contributed by atoms with Gasteiger partial charge >= 0.3 is 0 Å². The van der Waals surface area contributed by atoms with E-state index in [2.05, 4.69) is 0 Å². The Balaban J connectivity index is 1.74. The van der Waals surface area contributed by atoms with Crippen LogP contribution in [0.2, 0.25) is 5.02 Å². The first-order valence-corrected chi connectivity index (χ1v) is 7.58. The number of halogens is 1. The first kappa shape index (κ1) is 13.5. The number of hydrogen-bond acceptors (Lipinski definition) is 4. The first-order valence-electron chi connectivity index (χ1n) is 6.22. The lowest BCUT2D eigenvalue weighted by Crippen LogP contribution is -2.15. The minimum absolute atomic E-state index is 0.275. The second-order valence-corrected chi connectivity index (χ2v) is 5.84. The van der Waals surface area contributed by atoms with Crippen LogP contribution in [0.5, 0.6) is 17.2 Å². The summed E-state index contributed by atoms with van der Waals surface area (Å²) in [6, 6.07) is 11.0. The topological polar surface area (TPSA) is 38.7 Å². The van der Waals surface area contributed by atoms with E-state index in [9.17, 15) is 5.11 Å². The molecule has 1 heterocycles. The van der Waals surface area contributed by atoms with Gasteiger partial charge in [0, 0.05) is 10.6 Å². The van der Waals surface area contributed by atoms with E-state index in [1.54, 1.807) is 23.9 Å². The first-order chi connectivity index (χ1) is 9.72. The molecule has 3 nitrogen and oxygen atoms in total. The molecule has 5 heteroatoms. The van der Waals surface area contributed by atoms with Gasteiger partial charge in [0.15, 0.2) is 11.5 Å². The van der Waals surface area contributed by atoms with Gasteiger partial charge < -0.3 is 14.6 Å². The van der Waals surface area contributed by atoms with Crippen molar-refractivity contribution in [2.24, 2.45) is 0 Å². The quantitative estimate of drug-likeness (QED) is 0.866. The summed E-state index contributed by atoms with van der Waals surface area (Å²) in [5.41, 5.74) is 1.08. The van der Waals surface area contributed by atoms with E-state index in [-0.39, 0.29) is 5.75 Å². The molecule has 2 aromatic rings. The highest BCUT2D eigenvalue weighted by Gasteiger charge is 2.16. The molecule has 0 aliphatic carbocycles. The standard InChI is InChI=1S/C15H13ClO3S/c16-13-7-10(8-14-15(13)19-6-5-18-14)9-20-12-3-1-11(17)2-4-12/h1-4,7-8,17H,5-6,9H2. The fourth-order valence-corrected chi connectivity index (χ4v) is 3.07. The Bertz CT molecular complexity index is 613. The Kier molecular flexibility index (Phi) is 3.94. The maximum atomic E-state index is 9.25. The fraction of sp³-hybridized carbons (Fsp3) is 0.200. The minimum atomic E-state index is 0.275. The lowest BCUT2D eigenvalue weighted by atomic mass is 10.2. The molecule has 0 saturated heterocycles. The van der Waals surface area contributed by atoms with E-state index in [0.717, 1.165) is 16.2 Å². The highest BCUT2D eigenvalue weighted by molar-refractivity contribution is 7.98. The number of fused-ring (bicyclic) bond motifs is 1. The molecule has 0 atom stereocenters. The van der Waals surface area contributed by atoms with Crippen molar-refractivity contribution in [1.82, 2.24) is 0 Å². The lowest BCUT2D eigenvalue weighted by Gasteiger charge is -2.20. The summed E-state index contributed by atoms with van der Waals surface area (Å²) in [6.07, 6.45) is 0. The molecule has 0 bridgehead atoms. The van der Waals surface area contributed by atoms with E-state index in [4.69, 9.17) is 21.1 Å². The molecule has 0 saturated carbocycles. The summed E-state index contributed by atoms with van der Waals surface area (Å²) < 4.78 is 11.1. The molecule has 104 valence electrons. The Morgan fingerprint density at radius 3 is 2.65 bits per heavy atom. The summed E-state index contributed by atoms with van der Waals surface area (Å²) in [5.74, 6) is 2.40. The highest BCUT2D eigenvalue weighted by Crippen LogP contribution is 2.39. The van der Waals surface area contributed by atoms with Crippen molar-refractivity contribution in [3.63, 3.8) is 0 Å². The smallest absolute Gasteiger partial charge is 0.179 e. The third kappa shape index (κ3) is 2.97. The van der Waals surface area contributed by atoms with Gasteiger partial charge in [-0.2, -0.15) is 0 Å². The number of phenols is 1. The summed E-state index contributed by atoms with van der Waals surface area (Å²) in [5, 5.41) is 9.84. The van der Waals surface area contributed by atoms with Crippen LogP contribution in [0.25, 0.3) is 0 Å². The fourth-order valence-electron chi connectivity index (χ4n) is 1.96. The van der Waals surface area contributed by atoms with Crippen molar-refractivity contribution in [3.05, 3.63) is 47.0 Å². The zero-order chi connectivity index (χ0) is 13.9. The zero-order valence-corrected chi connectivity index (χ0v) is 12.2. The largest absolute Gasteiger partial charge is 0.508 e. The van der Waals surface area contributed by atoms with Crippen LogP contribution in [-0.4, -0.2) is 18.3 Å². The Labute approximate surface area is 126 Å². The average Bonchev–Trinajstić information content (AvgIpc) is 2.47. The molecule has 20 heavy (non-hydrogen) atoms. The summed E-state index contributed by atoms with van der Waals surface area (Å²) >= 11 is 7.88. The molecule has 0 fully saturated rings. The number of aromatic hydroxyl groups is 1. The molecule has 3 rings (SSSR count). The number of ether oxygens (including phenoxy) is 2. The summed E-state index contributed by atoms with van der Waals surface area (Å²) in [4.78, 5) is 1.09. The van der Waals surface area contributed by atoms with Crippen LogP contribution in [0.15, 0.2) is 41.3 Å². The van der Waals surface area contributed by atoms with Crippen molar-refractivity contribution in [2.45, 2.75) is 10.6 Å². The maximum absolute atomic E-state index is 9.25. The van der Waals surface area contributed by atoms with E-state index in [0.29, 0.717) is 29.7 Å². The monoisotopic (exact) mass is 308 g/mol. The van der Waals surface area contributed by atoms with Gasteiger partial charge in [-0.15, -0.1) is 11.8 Å². The molecule has 0 aromatic heterocycles. The molecule has 2 aromatic carbocycles. The van der Waals surface area contributed by atoms with Gasteiger partial charge in [0.2, 0.25) is 0 Å². The van der Waals surface area contributed by atoms with Crippen LogP contribution in [-0.2, 0) is 5.75 Å². The molecular formula is C15H13ClO3S. The normalized spacial score (nSPS) is 13.2. The predicted octanol–water partition coefficient (Wildman–Crippen LogP) is 4.11. The third-order valence-corrected chi connectivity index (χ3v) is 4.26. The molecule has 0 radical (unpaired) electrons. The third-order valence-electron chi connectivity index (χ3n) is 2.90. The van der Waals surface area contributed by atoms with E-state index >= 15 is 0 Å². The van der Waals surface area contributed by atoms with Crippen molar-refractivity contribution >= 4 is 23.4 Å². The minimum Gasteiger partial charge on any atom is -0.508 e. The average molecular weight is 309 g/mol. The molecule has 1 aliphatic rings.